The second-order valence-electron chi connectivity index (χ2n) is 7.68. The number of nitrogens with one attached hydrogen (secondary N) is 2. The molecular weight excluding hydrogens is 373 g/mol. The molecule has 1 aliphatic carbocycles. The third kappa shape index (κ3) is 4.80. The highest BCUT2D eigenvalue weighted by molar-refractivity contribution is 6.03. The molecule has 2 aromatic rings. The van der Waals surface area contributed by atoms with Crippen LogP contribution in [0.3, 0.4) is 0 Å². The van der Waals surface area contributed by atoms with Crippen molar-refractivity contribution < 1.29 is 18.8 Å². The van der Waals surface area contributed by atoms with Crippen molar-refractivity contribution in [3.8, 4) is 0 Å². The van der Waals surface area contributed by atoms with Crippen molar-refractivity contribution in [2.75, 3.05) is 10.6 Å². The summed E-state index contributed by atoms with van der Waals surface area (Å²) >= 11 is 0. The van der Waals surface area contributed by atoms with E-state index in [4.69, 9.17) is 0 Å². The summed E-state index contributed by atoms with van der Waals surface area (Å²) in [5.74, 6) is -1.18. The van der Waals surface area contributed by atoms with Crippen molar-refractivity contribution in [3.05, 3.63) is 59.9 Å². The molecule has 3 amide bonds. The van der Waals surface area contributed by atoms with Gasteiger partial charge in [0, 0.05) is 29.9 Å². The summed E-state index contributed by atoms with van der Waals surface area (Å²) in [6.07, 6.45) is 1.67. The van der Waals surface area contributed by atoms with Gasteiger partial charge in [-0.05, 0) is 75.2 Å². The van der Waals surface area contributed by atoms with Crippen molar-refractivity contribution in [3.63, 3.8) is 0 Å². The minimum absolute atomic E-state index is 0.00788. The van der Waals surface area contributed by atoms with Gasteiger partial charge in [0.2, 0.25) is 11.8 Å². The van der Waals surface area contributed by atoms with Crippen LogP contribution in [0, 0.1) is 5.82 Å². The van der Waals surface area contributed by atoms with Crippen LogP contribution in [0.15, 0.2) is 48.5 Å². The predicted octanol–water partition coefficient (Wildman–Crippen LogP) is 3.81. The van der Waals surface area contributed by atoms with Crippen molar-refractivity contribution in [2.24, 2.45) is 0 Å². The lowest BCUT2D eigenvalue weighted by Gasteiger charge is -2.37. The lowest BCUT2D eigenvalue weighted by atomic mass is 9.99. The van der Waals surface area contributed by atoms with E-state index in [9.17, 15) is 18.8 Å². The van der Waals surface area contributed by atoms with E-state index in [0.717, 1.165) is 12.8 Å². The predicted molar refractivity (Wildman–Crippen MR) is 109 cm³/mol. The monoisotopic (exact) mass is 397 g/mol. The van der Waals surface area contributed by atoms with Crippen LogP contribution in [0.1, 0.15) is 44.0 Å². The molecule has 0 saturated heterocycles. The molecule has 0 unspecified atom stereocenters. The van der Waals surface area contributed by atoms with Crippen LogP contribution in [0.5, 0.6) is 0 Å². The first-order valence-electron chi connectivity index (χ1n) is 9.47. The number of carbonyl (C=O) groups is 3. The minimum Gasteiger partial charge on any atom is -0.326 e. The number of anilines is 2. The molecule has 0 radical (unpaired) electrons. The van der Waals surface area contributed by atoms with Crippen LogP contribution in [0.25, 0.3) is 0 Å². The summed E-state index contributed by atoms with van der Waals surface area (Å²) in [7, 11) is 0. The average molecular weight is 397 g/mol. The van der Waals surface area contributed by atoms with E-state index in [2.05, 4.69) is 10.6 Å². The Morgan fingerprint density at radius 1 is 0.931 bits per heavy atom. The van der Waals surface area contributed by atoms with Gasteiger partial charge in [0.05, 0.1) is 0 Å². The molecule has 0 spiro atoms. The Morgan fingerprint density at radius 2 is 1.45 bits per heavy atom. The summed E-state index contributed by atoms with van der Waals surface area (Å²) in [6.45, 7) is 4.82. The Hall–Kier alpha value is -3.22. The first kappa shape index (κ1) is 20.5. The van der Waals surface area contributed by atoms with Gasteiger partial charge in [0.25, 0.3) is 5.91 Å². The summed E-state index contributed by atoms with van der Waals surface area (Å²) in [5, 5.41) is 5.42. The van der Waals surface area contributed by atoms with E-state index in [1.54, 1.807) is 43.0 Å². The molecule has 0 aromatic heterocycles. The van der Waals surface area contributed by atoms with E-state index < -0.39 is 5.54 Å². The average Bonchev–Trinajstić information content (AvgIpc) is 3.48. The molecule has 2 N–H and O–H groups in total. The van der Waals surface area contributed by atoms with Gasteiger partial charge in [-0.3, -0.25) is 14.4 Å². The molecule has 0 aliphatic heterocycles. The Balaban J connectivity index is 1.80. The fourth-order valence-electron chi connectivity index (χ4n) is 3.17. The minimum atomic E-state index is -1.11. The van der Waals surface area contributed by atoms with E-state index in [1.165, 1.54) is 31.2 Å². The molecule has 7 heteroatoms. The molecule has 0 bridgehead atoms. The summed E-state index contributed by atoms with van der Waals surface area (Å²) < 4.78 is 13.1. The van der Waals surface area contributed by atoms with Gasteiger partial charge in [-0.15, -0.1) is 0 Å². The van der Waals surface area contributed by atoms with Gasteiger partial charge >= 0.3 is 0 Å². The zero-order chi connectivity index (χ0) is 21.2. The van der Waals surface area contributed by atoms with Gasteiger partial charge in [-0.25, -0.2) is 4.39 Å². The largest absolute Gasteiger partial charge is 0.326 e. The third-order valence-electron chi connectivity index (χ3n) is 4.84. The molecule has 1 aliphatic rings. The van der Waals surface area contributed by atoms with Crippen LogP contribution in [0.4, 0.5) is 15.8 Å². The lowest BCUT2D eigenvalue weighted by Crippen LogP contribution is -2.56. The number of hydrogen-bond acceptors (Lipinski definition) is 3. The van der Waals surface area contributed by atoms with Gasteiger partial charge < -0.3 is 15.5 Å². The molecule has 1 fully saturated rings. The number of hydrogen-bond donors (Lipinski definition) is 2. The molecular formula is C22H24FN3O3. The van der Waals surface area contributed by atoms with E-state index >= 15 is 0 Å². The maximum Gasteiger partial charge on any atom is 0.254 e. The SMILES string of the molecule is CC(=O)Nc1ccc(C(=O)N(C2CC2)C(C)(C)C(=O)Nc2ccc(F)cc2)cc1. The molecule has 3 rings (SSSR count). The fourth-order valence-corrected chi connectivity index (χ4v) is 3.17. The molecule has 152 valence electrons. The van der Waals surface area contributed by atoms with E-state index in [1.807, 2.05) is 0 Å². The number of halogens is 1. The summed E-state index contributed by atoms with van der Waals surface area (Å²) in [6, 6.07) is 12.1. The Morgan fingerprint density at radius 3 is 1.97 bits per heavy atom. The van der Waals surface area contributed by atoms with E-state index in [0.29, 0.717) is 16.9 Å². The summed E-state index contributed by atoms with van der Waals surface area (Å²) in [5.41, 5.74) is 0.393. The molecule has 6 nitrogen and oxygen atoms in total. The third-order valence-corrected chi connectivity index (χ3v) is 4.84. The normalized spacial score (nSPS) is 13.5. The Labute approximate surface area is 169 Å². The quantitative estimate of drug-likeness (QED) is 0.778. The topological polar surface area (TPSA) is 78.5 Å². The number of nitrogens with zero attached hydrogens (tertiary/aromatic N) is 1. The first-order valence-corrected chi connectivity index (χ1v) is 9.47. The standard InChI is InChI=1S/C22H24FN3O3/c1-14(27)24-17-8-4-15(5-9-17)20(28)26(19-12-13-19)22(2,3)21(29)25-18-10-6-16(23)7-11-18/h4-11,19H,12-13H2,1-3H3,(H,24,27)(H,25,29). The summed E-state index contributed by atoms with van der Waals surface area (Å²) in [4.78, 5) is 38.9. The van der Waals surface area contributed by atoms with Crippen LogP contribution >= 0.6 is 0 Å². The Bertz CT molecular complexity index is 919. The van der Waals surface area contributed by atoms with Gasteiger partial charge in [-0.1, -0.05) is 0 Å². The van der Waals surface area contributed by atoms with Crippen LogP contribution < -0.4 is 10.6 Å². The van der Waals surface area contributed by atoms with Gasteiger partial charge in [0.15, 0.2) is 0 Å². The number of rotatable bonds is 6. The van der Waals surface area contributed by atoms with Crippen molar-refractivity contribution >= 4 is 29.1 Å². The van der Waals surface area contributed by atoms with Gasteiger partial charge in [-0.2, -0.15) is 0 Å². The Kier molecular flexibility index (Phi) is 5.68. The molecule has 0 heterocycles. The van der Waals surface area contributed by atoms with Crippen molar-refractivity contribution in [1.29, 1.82) is 0 Å². The number of amides is 3. The van der Waals surface area contributed by atoms with E-state index in [-0.39, 0.29) is 29.6 Å². The smallest absolute Gasteiger partial charge is 0.254 e. The number of benzene rings is 2. The maximum absolute atomic E-state index is 13.2. The van der Waals surface area contributed by atoms with Crippen molar-refractivity contribution in [2.45, 2.75) is 45.2 Å². The number of carbonyl (C=O) groups excluding carboxylic acids is 3. The first-order chi connectivity index (χ1) is 13.7. The molecule has 29 heavy (non-hydrogen) atoms. The highest BCUT2D eigenvalue weighted by Crippen LogP contribution is 2.35. The zero-order valence-corrected chi connectivity index (χ0v) is 16.7. The second kappa shape index (κ2) is 8.03. The second-order valence-corrected chi connectivity index (χ2v) is 7.68. The highest BCUT2D eigenvalue weighted by Gasteiger charge is 2.46. The molecule has 2 aromatic carbocycles. The molecule has 1 saturated carbocycles. The van der Waals surface area contributed by atoms with Crippen molar-refractivity contribution in [1.82, 2.24) is 4.90 Å². The molecule has 0 atom stereocenters. The highest BCUT2D eigenvalue weighted by atomic mass is 19.1. The lowest BCUT2D eigenvalue weighted by molar-refractivity contribution is -0.125. The zero-order valence-electron chi connectivity index (χ0n) is 16.7. The maximum atomic E-state index is 13.2. The van der Waals surface area contributed by atoms with Crippen LogP contribution in [-0.2, 0) is 9.59 Å². The van der Waals surface area contributed by atoms with Crippen LogP contribution in [-0.4, -0.2) is 34.2 Å². The van der Waals surface area contributed by atoms with Gasteiger partial charge in [0.1, 0.15) is 11.4 Å². The fraction of sp³-hybridized carbons (Fsp3) is 0.318. The van der Waals surface area contributed by atoms with Crippen LogP contribution in [0.2, 0.25) is 0 Å².